The topological polar surface area (TPSA) is 0 Å². The zero-order valence-corrected chi connectivity index (χ0v) is 23.4. The first-order chi connectivity index (χ1) is 14.7. The van der Waals surface area contributed by atoms with E-state index in [1.807, 2.05) is 0 Å². The molecular weight excluding hydrogens is 527 g/mol. The maximum Gasteiger partial charge on any atom is -1.00 e. The van der Waals surface area contributed by atoms with E-state index in [0.717, 1.165) is 0 Å². The molecule has 0 radical (unpaired) electrons. The molecule has 0 nitrogen and oxygen atoms in total. The van der Waals surface area contributed by atoms with E-state index in [2.05, 4.69) is 110 Å². The Bertz CT molecular complexity index is 1260. The summed E-state index contributed by atoms with van der Waals surface area (Å²) >= 11 is -1.82. The second-order valence-corrected chi connectivity index (χ2v) is 29.3. The number of allylic oxidation sites excluding steroid dienone is 2. The van der Waals surface area contributed by atoms with Gasteiger partial charge in [0.2, 0.25) is 0 Å². The van der Waals surface area contributed by atoms with Crippen LogP contribution in [0.5, 0.6) is 0 Å². The van der Waals surface area contributed by atoms with Crippen LogP contribution in [0.25, 0.3) is 33.7 Å². The van der Waals surface area contributed by atoms with Gasteiger partial charge in [-0.25, -0.2) is 0 Å². The van der Waals surface area contributed by atoms with E-state index in [9.17, 15) is 0 Å². The number of fused-ring (bicyclic) bond motifs is 4. The average Bonchev–Trinajstić information content (AvgIpc) is 3.35. The second kappa shape index (κ2) is 9.43. The molecule has 2 atom stereocenters. The third kappa shape index (κ3) is 3.90. The molecule has 4 aromatic rings. The van der Waals surface area contributed by atoms with Crippen molar-refractivity contribution in [3.8, 4) is 0 Å². The van der Waals surface area contributed by atoms with E-state index in [-0.39, 0.29) is 24.8 Å². The summed E-state index contributed by atoms with van der Waals surface area (Å²) < 4.78 is 1.43. The predicted molar refractivity (Wildman–Crippen MR) is 130 cm³/mol. The molecule has 0 heterocycles. The summed E-state index contributed by atoms with van der Waals surface area (Å²) in [5.74, 6) is -0.740. The summed E-state index contributed by atoms with van der Waals surface area (Å²) in [5, 5.41) is 5.52. The monoisotopic (exact) mass is 549 g/mol. The molecule has 4 heteroatoms. The quantitative estimate of drug-likeness (QED) is 0.338. The van der Waals surface area contributed by atoms with Crippen molar-refractivity contribution in [3.63, 3.8) is 0 Å². The molecule has 2 aliphatic rings. The molecule has 0 saturated carbocycles. The molecule has 0 N–H and O–H groups in total. The summed E-state index contributed by atoms with van der Waals surface area (Å²) in [7, 11) is 0. The largest absolute Gasteiger partial charge is 1.00 e. The van der Waals surface area contributed by atoms with Crippen molar-refractivity contribution >= 4 is 39.6 Å². The molecule has 0 bridgehead atoms. The summed E-state index contributed by atoms with van der Waals surface area (Å²) in [5.41, 5.74) is 6.17. The minimum Gasteiger partial charge on any atom is -1.00 e. The Morgan fingerprint density at radius 3 is 1.34 bits per heavy atom. The van der Waals surface area contributed by atoms with Gasteiger partial charge in [0.15, 0.2) is 0 Å². The van der Waals surface area contributed by atoms with Crippen molar-refractivity contribution in [1.82, 2.24) is 0 Å². The molecule has 2 aliphatic carbocycles. The predicted octanol–water partition coefficient (Wildman–Crippen LogP) is 1.44. The smallest absolute Gasteiger partial charge is 1.00 e. The van der Waals surface area contributed by atoms with Crippen molar-refractivity contribution in [2.45, 2.75) is 20.3 Å². The number of benzene rings is 4. The molecule has 32 heavy (non-hydrogen) atoms. The van der Waals surface area contributed by atoms with Gasteiger partial charge >= 0.3 is 188 Å². The molecule has 0 amide bonds. The van der Waals surface area contributed by atoms with Crippen LogP contribution in [0.3, 0.4) is 0 Å². The number of hydrogen-bond donors (Lipinski definition) is 0. The Morgan fingerprint density at radius 1 is 0.594 bits per heavy atom. The molecule has 6 rings (SSSR count). The fourth-order valence-electron chi connectivity index (χ4n) is 5.48. The van der Waals surface area contributed by atoms with Crippen molar-refractivity contribution < 1.29 is 45.7 Å². The molecule has 159 valence electrons. The molecule has 0 fully saturated rings. The summed E-state index contributed by atoms with van der Waals surface area (Å²) in [6, 6.07) is 27.5. The second-order valence-electron chi connectivity index (χ2n) is 8.98. The van der Waals surface area contributed by atoms with Crippen LogP contribution in [0, 0.1) is 0 Å². The fraction of sp³-hybridized carbons (Fsp3) is 0.143. The third-order valence-corrected chi connectivity index (χ3v) is 28.3. The van der Waals surface area contributed by atoms with Crippen LogP contribution >= 0.6 is 0 Å². The minimum absolute atomic E-state index is 0. The van der Waals surface area contributed by atoms with Crippen molar-refractivity contribution in [2.75, 3.05) is 0 Å². The summed E-state index contributed by atoms with van der Waals surface area (Å²) in [4.78, 5) is 0. The van der Waals surface area contributed by atoms with E-state index in [1.165, 1.54) is 32.7 Å². The van der Waals surface area contributed by atoms with Gasteiger partial charge < -0.3 is 24.8 Å². The average molecular weight is 552 g/mol. The molecule has 0 spiro atoms. The third-order valence-electron chi connectivity index (χ3n) is 6.89. The maximum atomic E-state index is 2.62. The summed E-state index contributed by atoms with van der Waals surface area (Å²) in [6.07, 6.45) is 10.0. The first-order valence-electron chi connectivity index (χ1n) is 11.0. The minimum atomic E-state index is -1.82. The van der Waals surface area contributed by atoms with Gasteiger partial charge in [-0.15, -0.1) is 0 Å². The molecule has 4 aromatic carbocycles. The number of halogens is 2. The van der Waals surface area contributed by atoms with E-state index in [0.29, 0.717) is 7.25 Å². The Morgan fingerprint density at radius 2 is 0.969 bits per heavy atom. The van der Waals surface area contributed by atoms with Gasteiger partial charge in [-0.05, 0) is 0 Å². The normalized spacial score (nSPS) is 17.8. The van der Waals surface area contributed by atoms with Gasteiger partial charge in [-0.1, -0.05) is 0 Å². The molecular formula is C28H25Cl2SiZr. The van der Waals surface area contributed by atoms with Crippen LogP contribution in [0.1, 0.15) is 29.5 Å². The Labute approximate surface area is 211 Å². The molecule has 0 aromatic heterocycles. The van der Waals surface area contributed by atoms with Crippen LogP contribution in [0.15, 0.2) is 84.9 Å². The van der Waals surface area contributed by atoms with Crippen molar-refractivity contribution in [3.05, 3.63) is 107 Å². The Kier molecular flexibility index (Phi) is 6.99. The van der Waals surface area contributed by atoms with Crippen LogP contribution in [-0.4, -0.2) is 5.92 Å². The van der Waals surface area contributed by atoms with Gasteiger partial charge in [-0.3, -0.25) is 0 Å². The SMILES string of the molecule is C[SiH](C)[Zr+2]([CH]1C=Cc2cc3ccccc3cc21)[CH]1C=Cc2cc3ccccc3cc21.[Cl-].[Cl-]. The van der Waals surface area contributed by atoms with Crippen molar-refractivity contribution in [2.24, 2.45) is 0 Å². The Hall–Kier alpha value is -1.44. The van der Waals surface area contributed by atoms with E-state index >= 15 is 0 Å². The molecule has 2 unspecified atom stereocenters. The van der Waals surface area contributed by atoms with Gasteiger partial charge in [0.25, 0.3) is 0 Å². The van der Waals surface area contributed by atoms with Gasteiger partial charge in [0.05, 0.1) is 0 Å². The van der Waals surface area contributed by atoms with Crippen molar-refractivity contribution in [1.29, 1.82) is 0 Å². The fourth-order valence-corrected chi connectivity index (χ4v) is 26.5. The van der Waals surface area contributed by atoms with E-state index < -0.39 is 26.8 Å². The number of hydrogen-bond acceptors (Lipinski definition) is 0. The first-order valence-corrected chi connectivity index (χ1v) is 21.0. The first kappa shape index (κ1) is 23.7. The van der Waals surface area contributed by atoms with E-state index in [4.69, 9.17) is 0 Å². The van der Waals surface area contributed by atoms with Crippen LogP contribution in [0.4, 0.5) is 0 Å². The zero-order valence-electron chi connectivity index (χ0n) is 18.2. The van der Waals surface area contributed by atoms with Gasteiger partial charge in [0, 0.05) is 0 Å². The zero-order chi connectivity index (χ0) is 20.2. The van der Waals surface area contributed by atoms with Gasteiger partial charge in [0.1, 0.15) is 0 Å². The summed E-state index contributed by atoms with van der Waals surface area (Å²) in [6.45, 7) is 5.24. The Balaban J connectivity index is 0.00000122. The molecule has 0 saturated heterocycles. The van der Waals surface area contributed by atoms with Crippen LogP contribution in [-0.2, 0) is 20.9 Å². The number of rotatable bonds is 3. The van der Waals surface area contributed by atoms with Gasteiger partial charge in [-0.2, -0.15) is 0 Å². The molecule has 0 aliphatic heterocycles. The standard InChI is InChI=1S/2C13H9.C2H7Si.2ClH.Zr/c2*1-2-5-11-9-13-7-3-6-12(13)8-10(11)4-1;1-3-2;;;/h2*1-9H;3H,1-2H3;2*1H;/q;;;;;+2/p-2. The van der Waals surface area contributed by atoms with Crippen LogP contribution in [0.2, 0.25) is 13.1 Å². The van der Waals surface area contributed by atoms with E-state index in [1.54, 1.807) is 11.1 Å². The van der Waals surface area contributed by atoms with Crippen LogP contribution < -0.4 is 24.8 Å². The maximum absolute atomic E-state index is 2.62.